The highest BCUT2D eigenvalue weighted by molar-refractivity contribution is 5.94. The Hall–Kier alpha value is -2.90. The molecule has 3 aromatic rings. The van der Waals surface area contributed by atoms with Crippen LogP contribution in [0.4, 0.5) is 8.78 Å². The maximum Gasteiger partial charge on any atom is 0.290 e. The molecule has 0 unspecified atom stereocenters. The van der Waals surface area contributed by atoms with Crippen LogP contribution in [0.25, 0.3) is 11.2 Å². The Bertz CT molecular complexity index is 955. The molecule has 0 radical (unpaired) electrons. The normalized spacial score (nSPS) is 17.1. The third-order valence-electron chi connectivity index (χ3n) is 4.56. The van der Waals surface area contributed by atoms with Crippen molar-refractivity contribution >= 4 is 17.1 Å². The fraction of sp³-hybridized carbons (Fsp3) is 0.294. The molecule has 128 valence electrons. The fourth-order valence-corrected chi connectivity index (χ4v) is 3.25. The lowest BCUT2D eigenvalue weighted by Crippen LogP contribution is -2.39. The maximum absolute atomic E-state index is 13.1. The van der Waals surface area contributed by atoms with Crippen molar-refractivity contribution in [2.24, 2.45) is 0 Å². The first-order valence-electron chi connectivity index (χ1n) is 7.94. The van der Waals surface area contributed by atoms with E-state index in [2.05, 4.69) is 19.9 Å². The number of nitrogens with zero attached hydrogens (tertiary/aromatic N) is 4. The number of hydrogen-bond donors (Lipinski definition) is 1. The number of nitrogens with one attached hydrogen (secondary N) is 1. The number of hydrogen-bond acceptors (Lipinski definition) is 4. The van der Waals surface area contributed by atoms with Gasteiger partial charge in [0.05, 0.1) is 11.6 Å². The highest BCUT2D eigenvalue weighted by Crippen LogP contribution is 2.30. The Morgan fingerprint density at radius 2 is 2.16 bits per heavy atom. The number of halogens is 2. The molecule has 1 N–H and O–H groups in total. The van der Waals surface area contributed by atoms with E-state index in [0.717, 1.165) is 11.3 Å². The highest BCUT2D eigenvalue weighted by atomic mass is 19.3. The Morgan fingerprint density at radius 1 is 1.32 bits per heavy atom. The fourth-order valence-electron chi connectivity index (χ4n) is 3.25. The Balaban J connectivity index is 1.70. The van der Waals surface area contributed by atoms with Crippen LogP contribution in [-0.4, -0.2) is 37.3 Å². The topological polar surface area (TPSA) is 74.8 Å². The molecule has 1 amide bonds. The van der Waals surface area contributed by atoms with Gasteiger partial charge >= 0.3 is 0 Å². The van der Waals surface area contributed by atoms with Gasteiger partial charge in [0.25, 0.3) is 12.3 Å². The van der Waals surface area contributed by atoms with Crippen LogP contribution in [0.15, 0.2) is 30.6 Å². The molecule has 0 bridgehead atoms. The van der Waals surface area contributed by atoms with Gasteiger partial charge < -0.3 is 9.88 Å². The van der Waals surface area contributed by atoms with E-state index in [1.165, 1.54) is 12.3 Å². The van der Waals surface area contributed by atoms with Gasteiger partial charge in [0.2, 0.25) is 0 Å². The zero-order valence-corrected chi connectivity index (χ0v) is 13.4. The molecular formula is C17H15F2N5O. The maximum atomic E-state index is 13.1. The third kappa shape index (κ3) is 2.54. The standard InChI is InChI=1S/C17H15F2N5O/c1-9-10-3-2-6-20-12(10)5-8-24(9)17(25)16-22-13-11(14(18)19)4-7-21-15(13)23-16/h2-4,6-7,9,14H,5,8H2,1H3,(H,21,22,23)/t9-/m1/s1. The average Bonchev–Trinajstić information content (AvgIpc) is 3.05. The first-order valence-corrected chi connectivity index (χ1v) is 7.94. The highest BCUT2D eigenvalue weighted by Gasteiger charge is 2.30. The monoisotopic (exact) mass is 343 g/mol. The molecular weight excluding hydrogens is 328 g/mol. The van der Waals surface area contributed by atoms with Crippen LogP contribution in [0, 0.1) is 0 Å². The van der Waals surface area contributed by atoms with E-state index < -0.39 is 6.43 Å². The van der Waals surface area contributed by atoms with Gasteiger partial charge in [-0.1, -0.05) is 6.07 Å². The number of imidazole rings is 1. The van der Waals surface area contributed by atoms with E-state index in [-0.39, 0.29) is 34.5 Å². The molecule has 0 saturated carbocycles. The number of H-pyrrole nitrogens is 1. The summed E-state index contributed by atoms with van der Waals surface area (Å²) in [6, 6.07) is 4.84. The molecule has 1 aliphatic rings. The van der Waals surface area contributed by atoms with Crippen molar-refractivity contribution in [2.75, 3.05) is 6.54 Å². The molecule has 4 heterocycles. The summed E-state index contributed by atoms with van der Waals surface area (Å²) >= 11 is 0. The minimum atomic E-state index is -2.67. The summed E-state index contributed by atoms with van der Waals surface area (Å²) in [4.78, 5) is 29.7. The molecule has 0 aromatic carbocycles. The third-order valence-corrected chi connectivity index (χ3v) is 4.56. The molecule has 4 rings (SSSR count). The van der Waals surface area contributed by atoms with Gasteiger partial charge in [-0.25, -0.2) is 18.7 Å². The molecule has 25 heavy (non-hydrogen) atoms. The SMILES string of the molecule is C[C@@H]1c2cccnc2CCN1C(=O)c1nc2nccc(C(F)F)c2[nH]1. The van der Waals surface area contributed by atoms with E-state index >= 15 is 0 Å². The quantitative estimate of drug-likeness (QED) is 0.776. The van der Waals surface area contributed by atoms with Crippen LogP contribution in [0.3, 0.4) is 0 Å². The largest absolute Gasteiger partial charge is 0.332 e. The summed E-state index contributed by atoms with van der Waals surface area (Å²) < 4.78 is 26.2. The van der Waals surface area contributed by atoms with Crippen LogP contribution in [0.2, 0.25) is 0 Å². The van der Waals surface area contributed by atoms with Crippen molar-refractivity contribution in [3.05, 3.63) is 53.2 Å². The number of carbonyl (C=O) groups excluding carboxylic acids is 1. The molecule has 0 fully saturated rings. The Labute approximate surface area is 141 Å². The Morgan fingerprint density at radius 3 is 2.96 bits per heavy atom. The van der Waals surface area contributed by atoms with Gasteiger partial charge in [0, 0.05) is 36.6 Å². The molecule has 1 atom stereocenters. The number of fused-ring (bicyclic) bond motifs is 2. The lowest BCUT2D eigenvalue weighted by Gasteiger charge is -2.34. The zero-order valence-electron chi connectivity index (χ0n) is 13.4. The second-order valence-electron chi connectivity index (χ2n) is 5.95. The van der Waals surface area contributed by atoms with Crippen LogP contribution < -0.4 is 0 Å². The number of pyridine rings is 2. The van der Waals surface area contributed by atoms with Crippen molar-refractivity contribution < 1.29 is 13.6 Å². The molecule has 3 aromatic heterocycles. The lowest BCUT2D eigenvalue weighted by molar-refractivity contribution is 0.0664. The van der Waals surface area contributed by atoms with E-state index in [1.54, 1.807) is 11.1 Å². The number of carbonyl (C=O) groups is 1. The number of aromatic amines is 1. The molecule has 1 aliphatic heterocycles. The second-order valence-corrected chi connectivity index (χ2v) is 5.95. The van der Waals surface area contributed by atoms with E-state index in [0.29, 0.717) is 13.0 Å². The first kappa shape index (κ1) is 15.6. The van der Waals surface area contributed by atoms with Crippen LogP contribution >= 0.6 is 0 Å². The van der Waals surface area contributed by atoms with Gasteiger partial charge in [-0.2, -0.15) is 0 Å². The molecule has 0 spiro atoms. The predicted molar refractivity (Wildman–Crippen MR) is 86.2 cm³/mol. The van der Waals surface area contributed by atoms with Crippen molar-refractivity contribution in [3.8, 4) is 0 Å². The van der Waals surface area contributed by atoms with Crippen molar-refractivity contribution in [1.29, 1.82) is 0 Å². The second kappa shape index (κ2) is 5.87. The average molecular weight is 343 g/mol. The van der Waals surface area contributed by atoms with E-state index in [4.69, 9.17) is 0 Å². The molecule has 0 saturated heterocycles. The van der Waals surface area contributed by atoms with Crippen LogP contribution in [-0.2, 0) is 6.42 Å². The smallest absolute Gasteiger partial charge is 0.290 e. The number of rotatable bonds is 2. The zero-order chi connectivity index (χ0) is 17.6. The van der Waals surface area contributed by atoms with Gasteiger partial charge in [-0.15, -0.1) is 0 Å². The van der Waals surface area contributed by atoms with Gasteiger partial charge in [-0.3, -0.25) is 9.78 Å². The number of amides is 1. The minimum absolute atomic E-state index is 0.0230. The molecule has 6 nitrogen and oxygen atoms in total. The first-order chi connectivity index (χ1) is 12.1. The summed E-state index contributed by atoms with van der Waals surface area (Å²) in [5.41, 5.74) is 1.98. The Kier molecular flexibility index (Phi) is 3.67. The summed E-state index contributed by atoms with van der Waals surface area (Å²) in [6.45, 7) is 2.42. The molecule has 8 heteroatoms. The van der Waals surface area contributed by atoms with Crippen LogP contribution in [0.5, 0.6) is 0 Å². The van der Waals surface area contributed by atoms with Crippen molar-refractivity contribution in [1.82, 2.24) is 24.8 Å². The summed E-state index contributed by atoms with van der Waals surface area (Å²) in [6.07, 6.45) is 0.984. The molecule has 0 aliphatic carbocycles. The van der Waals surface area contributed by atoms with Gasteiger partial charge in [0.1, 0.15) is 0 Å². The van der Waals surface area contributed by atoms with Gasteiger partial charge in [0.15, 0.2) is 11.5 Å². The van der Waals surface area contributed by atoms with Crippen molar-refractivity contribution in [3.63, 3.8) is 0 Å². The minimum Gasteiger partial charge on any atom is -0.332 e. The summed E-state index contributed by atoms with van der Waals surface area (Å²) in [7, 11) is 0. The predicted octanol–water partition coefficient (Wildman–Crippen LogP) is 3.05. The van der Waals surface area contributed by atoms with Crippen molar-refractivity contribution in [2.45, 2.75) is 25.8 Å². The van der Waals surface area contributed by atoms with E-state index in [1.807, 2.05) is 19.1 Å². The summed E-state index contributed by atoms with van der Waals surface area (Å²) in [5, 5.41) is 0. The van der Waals surface area contributed by atoms with Crippen LogP contribution in [0.1, 0.15) is 46.8 Å². The number of aromatic nitrogens is 4. The van der Waals surface area contributed by atoms with Gasteiger partial charge in [-0.05, 0) is 24.6 Å². The number of alkyl halides is 2. The van der Waals surface area contributed by atoms with E-state index in [9.17, 15) is 13.6 Å². The lowest BCUT2D eigenvalue weighted by atomic mass is 9.98. The summed E-state index contributed by atoms with van der Waals surface area (Å²) in [5.74, 6) is -0.310.